The Hall–Kier alpha value is -1.34. The minimum Gasteiger partial charge on any atom is -0.396 e. The van der Waals surface area contributed by atoms with Gasteiger partial charge in [-0.1, -0.05) is 24.0 Å². The molecule has 1 aromatic carbocycles. The zero-order valence-electron chi connectivity index (χ0n) is 11.9. The normalized spacial score (nSPS) is 10.6. The Labute approximate surface area is 116 Å². The first-order chi connectivity index (χ1) is 9.17. The molecule has 0 aliphatic rings. The predicted octanol–water partition coefficient (Wildman–Crippen LogP) is 1.59. The molecule has 0 unspecified atom stereocenters. The van der Waals surface area contributed by atoms with Crippen molar-refractivity contribution < 1.29 is 5.11 Å². The van der Waals surface area contributed by atoms with Gasteiger partial charge in [-0.3, -0.25) is 4.90 Å². The summed E-state index contributed by atoms with van der Waals surface area (Å²) < 4.78 is 0. The van der Waals surface area contributed by atoms with E-state index in [1.807, 2.05) is 12.1 Å². The van der Waals surface area contributed by atoms with Gasteiger partial charge in [-0.25, -0.2) is 0 Å². The summed E-state index contributed by atoms with van der Waals surface area (Å²) >= 11 is 0. The van der Waals surface area contributed by atoms with E-state index < -0.39 is 0 Å². The lowest BCUT2D eigenvalue weighted by Gasteiger charge is -2.26. The first kappa shape index (κ1) is 15.7. The Morgan fingerprint density at radius 1 is 1.37 bits per heavy atom. The highest BCUT2D eigenvalue weighted by Crippen LogP contribution is 2.10. The van der Waals surface area contributed by atoms with Gasteiger partial charge >= 0.3 is 0 Å². The second kappa shape index (κ2) is 8.71. The number of hydrogen-bond acceptors (Lipinski definition) is 3. The monoisotopic (exact) mass is 260 g/mol. The van der Waals surface area contributed by atoms with Crippen molar-refractivity contribution in [3.8, 4) is 11.8 Å². The van der Waals surface area contributed by atoms with E-state index in [4.69, 9.17) is 10.8 Å². The van der Waals surface area contributed by atoms with Crippen LogP contribution in [0.3, 0.4) is 0 Å². The fourth-order valence-electron chi connectivity index (χ4n) is 1.93. The van der Waals surface area contributed by atoms with Crippen LogP contribution in [-0.2, 0) is 6.54 Å². The molecule has 0 heterocycles. The van der Waals surface area contributed by atoms with E-state index in [0.29, 0.717) is 12.6 Å². The molecule has 0 radical (unpaired) electrons. The Kier molecular flexibility index (Phi) is 7.20. The molecule has 0 fully saturated rings. The standard InChI is InChI=1S/C16H24N2O/c1-14(2)18(10-5-11-19)13-16-7-3-6-15(12-16)8-4-9-17/h3,6-7,12,14,19H,5,9-11,13,17H2,1-2H3. The van der Waals surface area contributed by atoms with E-state index in [1.54, 1.807) is 0 Å². The number of aliphatic hydroxyl groups excluding tert-OH is 1. The fourth-order valence-corrected chi connectivity index (χ4v) is 1.93. The predicted molar refractivity (Wildman–Crippen MR) is 79.6 cm³/mol. The van der Waals surface area contributed by atoms with Gasteiger partial charge in [-0.05, 0) is 38.0 Å². The molecular weight excluding hydrogens is 236 g/mol. The van der Waals surface area contributed by atoms with E-state index in [-0.39, 0.29) is 6.61 Å². The summed E-state index contributed by atoms with van der Waals surface area (Å²) in [6.45, 7) is 6.78. The van der Waals surface area contributed by atoms with Crippen LogP contribution in [0.15, 0.2) is 24.3 Å². The Morgan fingerprint density at radius 2 is 2.16 bits per heavy atom. The van der Waals surface area contributed by atoms with Crippen LogP contribution in [0, 0.1) is 11.8 Å². The van der Waals surface area contributed by atoms with Crippen LogP contribution in [0.4, 0.5) is 0 Å². The van der Waals surface area contributed by atoms with Gasteiger partial charge in [0.1, 0.15) is 0 Å². The van der Waals surface area contributed by atoms with Gasteiger partial charge < -0.3 is 10.8 Å². The third-order valence-corrected chi connectivity index (χ3v) is 2.98. The maximum absolute atomic E-state index is 8.95. The average molecular weight is 260 g/mol. The van der Waals surface area contributed by atoms with Crippen molar-refractivity contribution in [2.45, 2.75) is 32.9 Å². The molecule has 0 aliphatic heterocycles. The Balaban J connectivity index is 2.73. The molecule has 19 heavy (non-hydrogen) atoms. The quantitative estimate of drug-likeness (QED) is 0.764. The van der Waals surface area contributed by atoms with Gasteiger partial charge in [0.15, 0.2) is 0 Å². The SMILES string of the molecule is CC(C)N(CCCO)Cc1cccc(C#CCN)c1. The summed E-state index contributed by atoms with van der Waals surface area (Å²) in [6, 6.07) is 8.71. The molecule has 0 aromatic heterocycles. The van der Waals surface area contributed by atoms with Crippen molar-refractivity contribution >= 4 is 0 Å². The molecule has 3 N–H and O–H groups in total. The molecule has 1 aromatic rings. The lowest BCUT2D eigenvalue weighted by atomic mass is 10.1. The molecule has 0 atom stereocenters. The van der Waals surface area contributed by atoms with E-state index >= 15 is 0 Å². The maximum atomic E-state index is 8.95. The van der Waals surface area contributed by atoms with Crippen LogP contribution >= 0.6 is 0 Å². The highest BCUT2D eigenvalue weighted by Gasteiger charge is 2.09. The third-order valence-electron chi connectivity index (χ3n) is 2.98. The molecule has 0 spiro atoms. The highest BCUT2D eigenvalue weighted by molar-refractivity contribution is 5.37. The number of benzene rings is 1. The van der Waals surface area contributed by atoms with E-state index in [2.05, 4.69) is 42.7 Å². The smallest absolute Gasteiger partial charge is 0.0555 e. The summed E-state index contributed by atoms with van der Waals surface area (Å²) in [4.78, 5) is 2.35. The summed E-state index contributed by atoms with van der Waals surface area (Å²) in [6.07, 6.45) is 0.810. The molecule has 0 bridgehead atoms. The molecule has 0 saturated carbocycles. The third kappa shape index (κ3) is 5.89. The zero-order chi connectivity index (χ0) is 14.1. The van der Waals surface area contributed by atoms with Crippen molar-refractivity contribution in [2.24, 2.45) is 5.73 Å². The van der Waals surface area contributed by atoms with Gasteiger partial charge in [-0.15, -0.1) is 0 Å². The van der Waals surface area contributed by atoms with E-state index in [1.165, 1.54) is 5.56 Å². The van der Waals surface area contributed by atoms with Crippen molar-refractivity contribution in [3.63, 3.8) is 0 Å². The molecule has 0 amide bonds. The molecular formula is C16H24N2O. The van der Waals surface area contributed by atoms with Crippen LogP contribution < -0.4 is 5.73 Å². The number of hydrogen-bond donors (Lipinski definition) is 2. The summed E-state index contributed by atoms with van der Waals surface area (Å²) in [5.74, 6) is 5.93. The molecule has 3 heteroatoms. The average Bonchev–Trinajstić information content (AvgIpc) is 2.41. The van der Waals surface area contributed by atoms with Crippen molar-refractivity contribution in [3.05, 3.63) is 35.4 Å². The summed E-state index contributed by atoms with van der Waals surface area (Å²) in [5, 5.41) is 8.95. The summed E-state index contributed by atoms with van der Waals surface area (Å²) in [7, 11) is 0. The maximum Gasteiger partial charge on any atom is 0.0555 e. The minimum atomic E-state index is 0.241. The zero-order valence-corrected chi connectivity index (χ0v) is 11.9. The van der Waals surface area contributed by atoms with Gasteiger partial charge in [-0.2, -0.15) is 0 Å². The highest BCUT2D eigenvalue weighted by atomic mass is 16.3. The second-order valence-corrected chi connectivity index (χ2v) is 4.85. The van der Waals surface area contributed by atoms with Crippen LogP contribution in [0.2, 0.25) is 0 Å². The van der Waals surface area contributed by atoms with Crippen LogP contribution in [0.25, 0.3) is 0 Å². The topological polar surface area (TPSA) is 49.5 Å². The largest absolute Gasteiger partial charge is 0.396 e. The van der Waals surface area contributed by atoms with Crippen LogP contribution in [0.1, 0.15) is 31.4 Å². The molecule has 0 aliphatic carbocycles. The number of nitrogens with two attached hydrogens (primary N) is 1. The van der Waals surface area contributed by atoms with Gasteiger partial charge in [0, 0.05) is 31.3 Å². The van der Waals surface area contributed by atoms with Gasteiger partial charge in [0.2, 0.25) is 0 Å². The van der Waals surface area contributed by atoms with E-state index in [9.17, 15) is 0 Å². The lowest BCUT2D eigenvalue weighted by molar-refractivity contribution is 0.185. The number of rotatable bonds is 6. The minimum absolute atomic E-state index is 0.241. The molecule has 0 saturated heterocycles. The van der Waals surface area contributed by atoms with Crippen molar-refractivity contribution in [1.29, 1.82) is 0 Å². The van der Waals surface area contributed by atoms with Crippen molar-refractivity contribution in [2.75, 3.05) is 19.7 Å². The van der Waals surface area contributed by atoms with Crippen LogP contribution in [-0.4, -0.2) is 35.7 Å². The summed E-state index contributed by atoms with van der Waals surface area (Å²) in [5.41, 5.74) is 7.64. The van der Waals surface area contributed by atoms with Crippen molar-refractivity contribution in [1.82, 2.24) is 4.90 Å². The second-order valence-electron chi connectivity index (χ2n) is 4.85. The van der Waals surface area contributed by atoms with E-state index in [0.717, 1.165) is 25.1 Å². The number of aliphatic hydroxyl groups is 1. The van der Waals surface area contributed by atoms with Gasteiger partial charge in [0.25, 0.3) is 0 Å². The molecule has 3 nitrogen and oxygen atoms in total. The fraction of sp³-hybridized carbons (Fsp3) is 0.500. The lowest BCUT2D eigenvalue weighted by Crippen LogP contribution is -2.31. The Bertz CT molecular complexity index is 432. The molecule has 104 valence electrons. The van der Waals surface area contributed by atoms with Crippen LogP contribution in [0.5, 0.6) is 0 Å². The number of nitrogens with zero attached hydrogens (tertiary/aromatic N) is 1. The first-order valence-corrected chi connectivity index (χ1v) is 6.80. The Morgan fingerprint density at radius 3 is 2.79 bits per heavy atom. The molecule has 1 rings (SSSR count). The van der Waals surface area contributed by atoms with Gasteiger partial charge in [0.05, 0.1) is 6.54 Å². The first-order valence-electron chi connectivity index (χ1n) is 6.80.